The maximum Gasteiger partial charge on any atom is 0.138 e. The van der Waals surface area contributed by atoms with E-state index in [9.17, 15) is 0 Å². The summed E-state index contributed by atoms with van der Waals surface area (Å²) < 4.78 is 6.08. The van der Waals surface area contributed by atoms with Crippen LogP contribution >= 0.6 is 11.6 Å². The second-order valence-corrected chi connectivity index (χ2v) is 5.18. The molecule has 1 aromatic carbocycles. The first-order valence-corrected chi connectivity index (χ1v) is 6.68. The van der Waals surface area contributed by atoms with E-state index >= 15 is 0 Å². The molecule has 0 amide bonds. The number of aryl methyl sites for hydroxylation is 1. The van der Waals surface area contributed by atoms with Crippen LogP contribution in [0.4, 0.5) is 0 Å². The first kappa shape index (κ1) is 12.7. The number of likely N-dealkylation sites (N-methyl/N-ethyl adjacent to an activating group) is 1. The van der Waals surface area contributed by atoms with E-state index in [-0.39, 0.29) is 6.10 Å². The predicted molar refractivity (Wildman–Crippen MR) is 71.9 cm³/mol. The van der Waals surface area contributed by atoms with Crippen molar-refractivity contribution in [2.24, 2.45) is 0 Å². The van der Waals surface area contributed by atoms with E-state index in [0.717, 1.165) is 12.2 Å². The number of halogens is 1. The van der Waals surface area contributed by atoms with Crippen LogP contribution in [-0.2, 0) is 0 Å². The van der Waals surface area contributed by atoms with Gasteiger partial charge < -0.3 is 10.1 Å². The van der Waals surface area contributed by atoms with E-state index in [0.29, 0.717) is 11.1 Å². The fourth-order valence-corrected chi connectivity index (χ4v) is 2.59. The Hall–Kier alpha value is -0.730. The van der Waals surface area contributed by atoms with E-state index in [1.54, 1.807) is 0 Å². The molecule has 0 aromatic heterocycles. The van der Waals surface area contributed by atoms with Crippen molar-refractivity contribution in [1.82, 2.24) is 5.32 Å². The van der Waals surface area contributed by atoms with Gasteiger partial charge in [-0.25, -0.2) is 0 Å². The molecule has 0 heterocycles. The van der Waals surface area contributed by atoms with Crippen LogP contribution < -0.4 is 10.1 Å². The SMILES string of the molecule is CNC1CCCCC1Oc1cc(C)ccc1Cl. The topological polar surface area (TPSA) is 21.3 Å². The molecule has 1 saturated carbocycles. The number of rotatable bonds is 3. The van der Waals surface area contributed by atoms with Gasteiger partial charge in [0.15, 0.2) is 0 Å². The molecule has 0 aliphatic heterocycles. The summed E-state index contributed by atoms with van der Waals surface area (Å²) in [6.07, 6.45) is 5.06. The Labute approximate surface area is 108 Å². The largest absolute Gasteiger partial charge is 0.487 e. The lowest BCUT2D eigenvalue weighted by Crippen LogP contribution is -2.43. The molecule has 17 heavy (non-hydrogen) atoms. The maximum absolute atomic E-state index is 6.16. The monoisotopic (exact) mass is 253 g/mol. The molecule has 0 bridgehead atoms. The van der Waals surface area contributed by atoms with E-state index in [1.807, 2.05) is 25.2 Å². The molecule has 1 aliphatic rings. The van der Waals surface area contributed by atoms with Gasteiger partial charge in [-0.15, -0.1) is 0 Å². The van der Waals surface area contributed by atoms with Gasteiger partial charge in [0.2, 0.25) is 0 Å². The van der Waals surface area contributed by atoms with Crippen molar-refractivity contribution in [3.05, 3.63) is 28.8 Å². The van der Waals surface area contributed by atoms with Gasteiger partial charge in [-0.2, -0.15) is 0 Å². The van der Waals surface area contributed by atoms with Crippen LogP contribution in [0.25, 0.3) is 0 Å². The maximum atomic E-state index is 6.16. The third kappa shape index (κ3) is 3.14. The average Bonchev–Trinajstić information content (AvgIpc) is 2.34. The van der Waals surface area contributed by atoms with Gasteiger partial charge in [0.1, 0.15) is 11.9 Å². The van der Waals surface area contributed by atoms with Crippen LogP contribution in [0.2, 0.25) is 5.02 Å². The van der Waals surface area contributed by atoms with Crippen LogP contribution in [-0.4, -0.2) is 19.2 Å². The van der Waals surface area contributed by atoms with Crippen molar-refractivity contribution in [3.8, 4) is 5.75 Å². The van der Waals surface area contributed by atoms with Crippen molar-refractivity contribution in [1.29, 1.82) is 0 Å². The zero-order valence-corrected chi connectivity index (χ0v) is 11.3. The summed E-state index contributed by atoms with van der Waals surface area (Å²) in [4.78, 5) is 0. The standard InChI is InChI=1S/C14H20ClNO/c1-10-7-8-11(15)14(9-10)17-13-6-4-3-5-12(13)16-2/h7-9,12-13,16H,3-6H2,1-2H3. The lowest BCUT2D eigenvalue weighted by atomic mass is 9.92. The summed E-state index contributed by atoms with van der Waals surface area (Å²) in [5, 5.41) is 4.04. The van der Waals surface area contributed by atoms with Crippen LogP contribution in [0.15, 0.2) is 18.2 Å². The highest BCUT2D eigenvalue weighted by Gasteiger charge is 2.25. The minimum atomic E-state index is 0.244. The first-order valence-electron chi connectivity index (χ1n) is 6.31. The molecule has 0 saturated heterocycles. The Morgan fingerprint density at radius 3 is 2.82 bits per heavy atom. The van der Waals surface area contributed by atoms with Gasteiger partial charge in [0, 0.05) is 6.04 Å². The van der Waals surface area contributed by atoms with Crippen LogP contribution in [0.5, 0.6) is 5.75 Å². The van der Waals surface area contributed by atoms with Gasteiger partial charge in [0.05, 0.1) is 5.02 Å². The van der Waals surface area contributed by atoms with Crippen molar-refractivity contribution < 1.29 is 4.74 Å². The van der Waals surface area contributed by atoms with Gasteiger partial charge in [-0.3, -0.25) is 0 Å². The number of nitrogens with one attached hydrogen (secondary N) is 1. The fraction of sp³-hybridized carbons (Fsp3) is 0.571. The first-order chi connectivity index (χ1) is 8.20. The lowest BCUT2D eigenvalue weighted by Gasteiger charge is -2.31. The summed E-state index contributed by atoms with van der Waals surface area (Å²) in [5.41, 5.74) is 1.18. The van der Waals surface area contributed by atoms with Crippen LogP contribution in [0.3, 0.4) is 0 Å². The Bertz CT molecular complexity index is 380. The molecule has 1 aromatic rings. The van der Waals surface area contributed by atoms with Gasteiger partial charge >= 0.3 is 0 Å². The molecule has 1 N–H and O–H groups in total. The summed E-state index contributed by atoms with van der Waals surface area (Å²) in [7, 11) is 2.00. The van der Waals surface area contributed by atoms with Crippen LogP contribution in [0, 0.1) is 6.92 Å². The molecule has 2 unspecified atom stereocenters. The normalized spacial score (nSPS) is 24.6. The fourth-order valence-electron chi connectivity index (χ4n) is 2.43. The number of hydrogen-bond donors (Lipinski definition) is 1. The highest BCUT2D eigenvalue weighted by atomic mass is 35.5. The van der Waals surface area contributed by atoms with Crippen molar-refractivity contribution in [2.45, 2.75) is 44.8 Å². The predicted octanol–water partition coefficient (Wildman–Crippen LogP) is 3.56. The average molecular weight is 254 g/mol. The summed E-state index contributed by atoms with van der Waals surface area (Å²) in [6.45, 7) is 2.06. The molecule has 1 aliphatic carbocycles. The Morgan fingerprint density at radius 1 is 1.29 bits per heavy atom. The second kappa shape index (κ2) is 5.74. The highest BCUT2D eigenvalue weighted by Crippen LogP contribution is 2.30. The summed E-state index contributed by atoms with van der Waals surface area (Å²) in [5.74, 6) is 0.818. The molecule has 0 radical (unpaired) electrons. The number of ether oxygens (including phenoxy) is 1. The molecular weight excluding hydrogens is 234 g/mol. The molecule has 2 atom stereocenters. The Kier molecular flexibility index (Phi) is 4.30. The molecule has 0 spiro atoms. The minimum Gasteiger partial charge on any atom is -0.487 e. The summed E-state index contributed by atoms with van der Waals surface area (Å²) in [6, 6.07) is 6.37. The van der Waals surface area contributed by atoms with E-state index < -0.39 is 0 Å². The zero-order valence-electron chi connectivity index (χ0n) is 10.5. The number of benzene rings is 1. The quantitative estimate of drug-likeness (QED) is 0.890. The third-order valence-electron chi connectivity index (χ3n) is 3.44. The molecule has 1 fully saturated rings. The van der Waals surface area contributed by atoms with E-state index in [1.165, 1.54) is 24.8 Å². The molecule has 94 valence electrons. The van der Waals surface area contributed by atoms with Gasteiger partial charge in [0.25, 0.3) is 0 Å². The molecule has 2 rings (SSSR count). The minimum absolute atomic E-state index is 0.244. The second-order valence-electron chi connectivity index (χ2n) is 4.77. The molecular formula is C14H20ClNO. The van der Waals surface area contributed by atoms with Crippen LogP contribution in [0.1, 0.15) is 31.2 Å². The van der Waals surface area contributed by atoms with Crippen molar-refractivity contribution in [2.75, 3.05) is 7.05 Å². The van der Waals surface area contributed by atoms with Gasteiger partial charge in [-0.1, -0.05) is 24.1 Å². The number of hydrogen-bond acceptors (Lipinski definition) is 2. The smallest absolute Gasteiger partial charge is 0.138 e. The lowest BCUT2D eigenvalue weighted by molar-refractivity contribution is 0.118. The third-order valence-corrected chi connectivity index (χ3v) is 3.75. The van der Waals surface area contributed by atoms with Crippen molar-refractivity contribution >= 4 is 11.6 Å². The van der Waals surface area contributed by atoms with Gasteiger partial charge in [-0.05, 0) is 50.9 Å². The summed E-state index contributed by atoms with van der Waals surface area (Å²) >= 11 is 6.16. The Balaban J connectivity index is 2.10. The zero-order chi connectivity index (χ0) is 12.3. The van der Waals surface area contributed by atoms with Crippen molar-refractivity contribution in [3.63, 3.8) is 0 Å². The Morgan fingerprint density at radius 2 is 2.06 bits per heavy atom. The molecule has 3 heteroatoms. The highest BCUT2D eigenvalue weighted by molar-refractivity contribution is 6.32. The van der Waals surface area contributed by atoms with E-state index in [2.05, 4.69) is 12.2 Å². The molecule has 2 nitrogen and oxygen atoms in total. The van der Waals surface area contributed by atoms with E-state index in [4.69, 9.17) is 16.3 Å².